The third kappa shape index (κ3) is 2.07. The van der Waals surface area contributed by atoms with E-state index in [2.05, 4.69) is 0 Å². The predicted molar refractivity (Wildman–Crippen MR) is 80.5 cm³/mol. The molecule has 2 aromatic rings. The Morgan fingerprint density at radius 3 is 2.57 bits per heavy atom. The van der Waals surface area contributed by atoms with Crippen LogP contribution in [-0.2, 0) is 5.60 Å². The van der Waals surface area contributed by atoms with Crippen LogP contribution in [0.3, 0.4) is 0 Å². The van der Waals surface area contributed by atoms with Gasteiger partial charge in [-0.05, 0) is 29.3 Å². The summed E-state index contributed by atoms with van der Waals surface area (Å²) in [4.78, 5) is 0. The van der Waals surface area contributed by atoms with E-state index < -0.39 is 5.60 Å². The first-order valence-corrected chi connectivity index (χ1v) is 6.90. The Hall–Kier alpha value is -2.04. The van der Waals surface area contributed by atoms with Gasteiger partial charge in [-0.1, -0.05) is 24.3 Å². The molecule has 0 spiro atoms. The summed E-state index contributed by atoms with van der Waals surface area (Å²) in [5.41, 5.74) is 7.53. The zero-order chi connectivity index (χ0) is 15.0. The van der Waals surface area contributed by atoms with Crippen LogP contribution in [-0.4, -0.2) is 19.3 Å². The third-order valence-corrected chi connectivity index (χ3v) is 4.17. The van der Waals surface area contributed by atoms with E-state index in [-0.39, 0.29) is 6.04 Å². The second-order valence-electron chi connectivity index (χ2n) is 5.32. The Morgan fingerprint density at radius 1 is 1.10 bits per heavy atom. The van der Waals surface area contributed by atoms with Crippen molar-refractivity contribution < 1.29 is 14.6 Å². The normalized spacial score (nSPS) is 23.7. The van der Waals surface area contributed by atoms with Crippen LogP contribution in [0.5, 0.6) is 11.5 Å². The van der Waals surface area contributed by atoms with Gasteiger partial charge in [0.1, 0.15) is 17.1 Å². The lowest BCUT2D eigenvalue weighted by atomic mass is 9.87. The number of methoxy groups -OCH3 is 2. The molecule has 0 aliphatic heterocycles. The summed E-state index contributed by atoms with van der Waals surface area (Å²) < 4.78 is 10.7. The van der Waals surface area contributed by atoms with Crippen LogP contribution in [0.4, 0.5) is 0 Å². The molecule has 1 aliphatic carbocycles. The number of nitrogens with two attached hydrogens (primary N) is 1. The maximum atomic E-state index is 11.3. The largest absolute Gasteiger partial charge is 0.497 e. The van der Waals surface area contributed by atoms with E-state index in [0.717, 1.165) is 11.1 Å². The Labute approximate surface area is 124 Å². The number of benzene rings is 2. The van der Waals surface area contributed by atoms with E-state index in [4.69, 9.17) is 15.2 Å². The summed E-state index contributed by atoms with van der Waals surface area (Å²) in [7, 11) is 3.19. The van der Waals surface area contributed by atoms with Crippen molar-refractivity contribution in [1.29, 1.82) is 0 Å². The van der Waals surface area contributed by atoms with Gasteiger partial charge in [0.25, 0.3) is 0 Å². The molecule has 1 aliphatic rings. The van der Waals surface area contributed by atoms with Gasteiger partial charge in [-0.3, -0.25) is 0 Å². The first-order chi connectivity index (χ1) is 10.1. The Morgan fingerprint density at radius 2 is 1.86 bits per heavy atom. The standard InChI is InChI=1S/C17H19NO3/c1-20-11-7-8-16(21-2)14(9-11)17(19)10-15(18)12-5-3-4-6-13(12)17/h3-9,15,19H,10,18H2,1-2H3. The summed E-state index contributed by atoms with van der Waals surface area (Å²) in [6.07, 6.45) is 0.426. The van der Waals surface area contributed by atoms with Crippen LogP contribution in [0.25, 0.3) is 0 Å². The highest BCUT2D eigenvalue weighted by molar-refractivity contribution is 5.53. The molecule has 3 N–H and O–H groups in total. The van der Waals surface area contributed by atoms with Crippen LogP contribution < -0.4 is 15.2 Å². The molecule has 0 radical (unpaired) electrons. The van der Waals surface area contributed by atoms with Crippen molar-refractivity contribution in [3.05, 3.63) is 59.2 Å². The van der Waals surface area contributed by atoms with Gasteiger partial charge in [0, 0.05) is 18.0 Å². The van der Waals surface area contributed by atoms with Crippen molar-refractivity contribution in [2.45, 2.75) is 18.1 Å². The lowest BCUT2D eigenvalue weighted by Gasteiger charge is -2.27. The first kappa shape index (κ1) is 13.9. The minimum absolute atomic E-state index is 0.192. The third-order valence-electron chi connectivity index (χ3n) is 4.17. The molecule has 110 valence electrons. The molecule has 0 bridgehead atoms. The van der Waals surface area contributed by atoms with Gasteiger partial charge >= 0.3 is 0 Å². The van der Waals surface area contributed by atoms with Crippen molar-refractivity contribution in [3.63, 3.8) is 0 Å². The van der Waals surface area contributed by atoms with Crippen molar-refractivity contribution in [1.82, 2.24) is 0 Å². The second-order valence-corrected chi connectivity index (χ2v) is 5.32. The van der Waals surface area contributed by atoms with Crippen LogP contribution in [0.1, 0.15) is 29.2 Å². The highest BCUT2D eigenvalue weighted by atomic mass is 16.5. The van der Waals surface area contributed by atoms with Crippen LogP contribution in [0, 0.1) is 0 Å². The molecule has 4 nitrogen and oxygen atoms in total. The molecular formula is C17H19NO3. The zero-order valence-electron chi connectivity index (χ0n) is 12.2. The van der Waals surface area contributed by atoms with Gasteiger partial charge in [-0.25, -0.2) is 0 Å². The highest BCUT2D eigenvalue weighted by Crippen LogP contribution is 2.49. The predicted octanol–water partition coefficient (Wildman–Crippen LogP) is 2.34. The molecule has 0 saturated carbocycles. The number of hydrogen-bond acceptors (Lipinski definition) is 4. The van der Waals surface area contributed by atoms with Crippen molar-refractivity contribution in [2.24, 2.45) is 5.73 Å². The van der Waals surface area contributed by atoms with E-state index in [1.807, 2.05) is 36.4 Å². The first-order valence-electron chi connectivity index (χ1n) is 6.90. The van der Waals surface area contributed by atoms with Gasteiger partial charge in [0.2, 0.25) is 0 Å². The van der Waals surface area contributed by atoms with E-state index in [1.54, 1.807) is 20.3 Å². The summed E-state index contributed by atoms with van der Waals surface area (Å²) in [5.74, 6) is 1.30. The Balaban J connectivity index is 2.20. The van der Waals surface area contributed by atoms with Gasteiger partial charge < -0.3 is 20.3 Å². The average Bonchev–Trinajstić information content (AvgIpc) is 2.79. The van der Waals surface area contributed by atoms with E-state index in [0.29, 0.717) is 23.5 Å². The minimum atomic E-state index is -1.16. The molecule has 0 fully saturated rings. The fourth-order valence-corrected chi connectivity index (χ4v) is 3.13. The molecule has 21 heavy (non-hydrogen) atoms. The molecule has 4 heteroatoms. The highest BCUT2D eigenvalue weighted by Gasteiger charge is 2.44. The van der Waals surface area contributed by atoms with E-state index in [9.17, 15) is 5.11 Å². The van der Waals surface area contributed by atoms with Gasteiger partial charge in [-0.15, -0.1) is 0 Å². The molecule has 0 aromatic heterocycles. The fourth-order valence-electron chi connectivity index (χ4n) is 3.13. The number of hydrogen-bond donors (Lipinski definition) is 2. The molecule has 0 saturated heterocycles. The minimum Gasteiger partial charge on any atom is -0.497 e. The molecule has 2 atom stereocenters. The van der Waals surface area contributed by atoms with Gasteiger partial charge in [0.05, 0.1) is 14.2 Å². The van der Waals surface area contributed by atoms with Crippen LogP contribution >= 0.6 is 0 Å². The molecule has 0 heterocycles. The van der Waals surface area contributed by atoms with E-state index in [1.165, 1.54) is 0 Å². The quantitative estimate of drug-likeness (QED) is 0.908. The van der Waals surface area contributed by atoms with Crippen LogP contribution in [0.15, 0.2) is 42.5 Å². The SMILES string of the molecule is COc1ccc(OC)c(C2(O)CC(N)c3ccccc32)c1. The number of aliphatic hydroxyl groups is 1. The summed E-state index contributed by atoms with van der Waals surface area (Å²) in [5, 5.41) is 11.3. The zero-order valence-corrected chi connectivity index (χ0v) is 12.2. The molecule has 2 unspecified atom stereocenters. The van der Waals surface area contributed by atoms with E-state index >= 15 is 0 Å². The Bertz CT molecular complexity index is 671. The monoisotopic (exact) mass is 285 g/mol. The smallest absolute Gasteiger partial charge is 0.125 e. The van der Waals surface area contributed by atoms with Crippen LogP contribution in [0.2, 0.25) is 0 Å². The topological polar surface area (TPSA) is 64.7 Å². The lowest BCUT2D eigenvalue weighted by molar-refractivity contribution is 0.0745. The fraction of sp³-hybridized carbons (Fsp3) is 0.294. The number of fused-ring (bicyclic) bond motifs is 1. The molecular weight excluding hydrogens is 266 g/mol. The molecule has 3 rings (SSSR count). The summed E-state index contributed by atoms with van der Waals surface area (Å²) >= 11 is 0. The molecule has 2 aromatic carbocycles. The van der Waals surface area contributed by atoms with Gasteiger partial charge in [0.15, 0.2) is 0 Å². The number of ether oxygens (including phenoxy) is 2. The summed E-state index contributed by atoms with van der Waals surface area (Å²) in [6.45, 7) is 0. The summed E-state index contributed by atoms with van der Waals surface area (Å²) in [6, 6.07) is 13.0. The van der Waals surface area contributed by atoms with Crippen molar-refractivity contribution in [2.75, 3.05) is 14.2 Å². The lowest BCUT2D eigenvalue weighted by Crippen LogP contribution is -2.26. The maximum Gasteiger partial charge on any atom is 0.125 e. The Kier molecular flexibility index (Phi) is 3.35. The number of rotatable bonds is 3. The van der Waals surface area contributed by atoms with Crippen molar-refractivity contribution in [3.8, 4) is 11.5 Å². The van der Waals surface area contributed by atoms with Gasteiger partial charge in [-0.2, -0.15) is 0 Å². The molecule has 0 amide bonds. The maximum absolute atomic E-state index is 11.3. The van der Waals surface area contributed by atoms with Crippen molar-refractivity contribution >= 4 is 0 Å². The average molecular weight is 285 g/mol. The second kappa shape index (κ2) is 5.06.